The average Bonchev–Trinajstić information content (AvgIpc) is 3.27. The number of para-hydroxylation sites is 1. The summed E-state index contributed by atoms with van der Waals surface area (Å²) >= 11 is 6.61. The predicted octanol–water partition coefficient (Wildman–Crippen LogP) is 3.82. The fraction of sp³-hybridized carbons (Fsp3) is 0.567. The molecule has 4 heterocycles. The number of aliphatic hydroxyl groups excluding tert-OH is 1. The summed E-state index contributed by atoms with van der Waals surface area (Å²) in [5.41, 5.74) is -1.16. The SMILES string of the molecule is CC[C@@]12/C=C\CCCOC(=O)[C@@H]1[C@H]1C(=O)N([C@@H](CO)C(C)C)C3C(=O)N(c4c(C)cccc4Cl)CC=C[C@@]31O2. The van der Waals surface area contributed by atoms with Crippen LogP contribution < -0.4 is 4.90 Å². The molecule has 1 spiro atoms. The van der Waals surface area contributed by atoms with Crippen LogP contribution in [-0.2, 0) is 23.9 Å². The van der Waals surface area contributed by atoms with E-state index in [1.165, 1.54) is 4.90 Å². The molecule has 1 unspecified atom stereocenters. The molecule has 8 nitrogen and oxygen atoms in total. The van der Waals surface area contributed by atoms with E-state index >= 15 is 0 Å². The van der Waals surface area contributed by atoms with Crippen LogP contribution in [0, 0.1) is 24.7 Å². The number of rotatable bonds is 5. The van der Waals surface area contributed by atoms with Crippen molar-refractivity contribution < 1.29 is 29.0 Å². The van der Waals surface area contributed by atoms with Crippen LogP contribution in [0.1, 0.15) is 45.6 Å². The van der Waals surface area contributed by atoms with Crippen molar-refractivity contribution in [3.63, 3.8) is 0 Å². The summed E-state index contributed by atoms with van der Waals surface area (Å²) < 4.78 is 12.6. The summed E-state index contributed by atoms with van der Waals surface area (Å²) in [6, 6.07) is 3.68. The quantitative estimate of drug-likeness (QED) is 0.437. The van der Waals surface area contributed by atoms with Gasteiger partial charge in [0, 0.05) is 6.54 Å². The number of aryl methyl sites for hydroxylation is 1. The van der Waals surface area contributed by atoms with Gasteiger partial charge in [-0.2, -0.15) is 0 Å². The first kappa shape index (κ1) is 27.9. The molecule has 1 aromatic carbocycles. The number of ether oxygens (including phenoxy) is 2. The zero-order valence-electron chi connectivity index (χ0n) is 22.9. The number of hydrogen-bond donors (Lipinski definition) is 1. The van der Waals surface area contributed by atoms with E-state index < -0.39 is 41.1 Å². The number of aliphatic hydroxyl groups is 1. The molecule has 0 radical (unpaired) electrons. The second-order valence-electron chi connectivity index (χ2n) is 11.3. The molecule has 2 saturated heterocycles. The third-order valence-corrected chi connectivity index (χ3v) is 9.15. The molecule has 4 aliphatic rings. The Hall–Kier alpha value is -2.68. The number of hydrogen-bond acceptors (Lipinski definition) is 6. The van der Waals surface area contributed by atoms with E-state index in [0.717, 1.165) is 5.56 Å². The van der Waals surface area contributed by atoms with Crippen molar-refractivity contribution in [1.82, 2.24) is 4.90 Å². The average molecular weight is 557 g/mol. The molecule has 1 aromatic rings. The van der Waals surface area contributed by atoms with Gasteiger partial charge in [-0.05, 0) is 43.7 Å². The molecule has 0 aliphatic carbocycles. The van der Waals surface area contributed by atoms with E-state index in [4.69, 9.17) is 21.1 Å². The number of fused-ring (bicyclic) bond motifs is 2. The van der Waals surface area contributed by atoms with Crippen LogP contribution in [-0.4, -0.2) is 70.8 Å². The molecule has 9 heteroatoms. The van der Waals surface area contributed by atoms with E-state index in [-0.39, 0.29) is 37.5 Å². The normalized spacial score (nSPS) is 34.0. The number of carbonyl (C=O) groups is 3. The lowest BCUT2D eigenvalue weighted by Crippen LogP contribution is -2.60. The number of amides is 2. The van der Waals surface area contributed by atoms with Crippen LogP contribution >= 0.6 is 11.6 Å². The Balaban J connectivity index is 1.73. The zero-order valence-corrected chi connectivity index (χ0v) is 23.7. The van der Waals surface area contributed by atoms with Gasteiger partial charge >= 0.3 is 5.97 Å². The number of carbonyl (C=O) groups excluding carboxylic acids is 3. The highest BCUT2D eigenvalue weighted by molar-refractivity contribution is 6.34. The van der Waals surface area contributed by atoms with Crippen LogP contribution in [0.4, 0.5) is 5.69 Å². The van der Waals surface area contributed by atoms with Gasteiger partial charge in [0.2, 0.25) is 5.91 Å². The van der Waals surface area contributed by atoms with E-state index in [1.807, 2.05) is 58.1 Å². The minimum absolute atomic E-state index is 0.159. The molecule has 0 bridgehead atoms. The van der Waals surface area contributed by atoms with Gasteiger partial charge in [0.1, 0.15) is 23.2 Å². The van der Waals surface area contributed by atoms with E-state index in [9.17, 15) is 19.5 Å². The number of halogens is 1. The lowest BCUT2D eigenvalue weighted by molar-refractivity contribution is -0.161. The van der Waals surface area contributed by atoms with Gasteiger partial charge in [0.25, 0.3) is 5.91 Å². The maximum atomic E-state index is 14.7. The first-order valence-electron chi connectivity index (χ1n) is 13.8. The first-order chi connectivity index (χ1) is 18.6. The van der Waals surface area contributed by atoms with Crippen molar-refractivity contribution in [3.8, 4) is 0 Å². The number of benzene rings is 1. The van der Waals surface area contributed by atoms with Gasteiger partial charge in [-0.3, -0.25) is 14.4 Å². The topological polar surface area (TPSA) is 96.4 Å². The molecule has 1 N–H and O–H groups in total. The molecular weight excluding hydrogens is 520 g/mol. The highest BCUT2D eigenvalue weighted by Crippen LogP contribution is 2.59. The van der Waals surface area contributed by atoms with E-state index in [0.29, 0.717) is 30.0 Å². The predicted molar refractivity (Wildman–Crippen MR) is 147 cm³/mol. The number of nitrogens with zero attached hydrogens (tertiary/aromatic N) is 2. The Bertz CT molecular complexity index is 1210. The minimum Gasteiger partial charge on any atom is -0.465 e. The molecule has 0 saturated carbocycles. The van der Waals surface area contributed by atoms with Gasteiger partial charge in [-0.1, -0.05) is 68.8 Å². The fourth-order valence-corrected chi connectivity index (χ4v) is 7.28. The molecule has 6 atom stereocenters. The smallest absolute Gasteiger partial charge is 0.313 e. The second kappa shape index (κ2) is 10.4. The van der Waals surface area contributed by atoms with Gasteiger partial charge in [0.05, 0.1) is 35.9 Å². The summed E-state index contributed by atoms with van der Waals surface area (Å²) in [5.74, 6) is -3.32. The standard InChI is InChI=1S/C30H37ClN2O6/c1-5-29-13-7-6-8-16-38-28(37)23(29)22-26(35)33(21(17-34)18(2)3)25-27(36)32(15-10-14-30(22,25)39-29)24-19(4)11-9-12-20(24)31/h7,9-14,18,21-23,25,34H,5-6,8,15-17H2,1-4H3/b13-7-/t21-,22-,23-,25?,29+,30-/m0/s1. The Kier molecular flexibility index (Phi) is 7.42. The van der Waals surface area contributed by atoms with Crippen LogP contribution in [0.15, 0.2) is 42.5 Å². The van der Waals surface area contributed by atoms with Crippen molar-refractivity contribution in [3.05, 3.63) is 53.1 Å². The van der Waals surface area contributed by atoms with Crippen LogP contribution in [0.3, 0.4) is 0 Å². The Morgan fingerprint density at radius 1 is 1.13 bits per heavy atom. The maximum Gasteiger partial charge on any atom is 0.313 e. The van der Waals surface area contributed by atoms with Gasteiger partial charge in [-0.15, -0.1) is 0 Å². The van der Waals surface area contributed by atoms with Crippen molar-refractivity contribution in [1.29, 1.82) is 0 Å². The molecule has 39 heavy (non-hydrogen) atoms. The highest BCUT2D eigenvalue weighted by atomic mass is 35.5. The monoisotopic (exact) mass is 556 g/mol. The van der Waals surface area contributed by atoms with Gasteiger partial charge < -0.3 is 24.4 Å². The van der Waals surface area contributed by atoms with Crippen LogP contribution in [0.2, 0.25) is 5.02 Å². The summed E-state index contributed by atoms with van der Waals surface area (Å²) in [6.07, 6.45) is 9.33. The summed E-state index contributed by atoms with van der Waals surface area (Å²) in [5, 5.41) is 10.9. The molecule has 2 fully saturated rings. The molecule has 5 rings (SSSR count). The Labute approximate surface area is 234 Å². The zero-order chi connectivity index (χ0) is 28.1. The Morgan fingerprint density at radius 3 is 2.56 bits per heavy atom. The van der Waals surface area contributed by atoms with Crippen molar-refractivity contribution >= 4 is 35.1 Å². The van der Waals surface area contributed by atoms with Gasteiger partial charge in [0.15, 0.2) is 0 Å². The van der Waals surface area contributed by atoms with Crippen molar-refractivity contribution in [2.75, 3.05) is 24.7 Å². The van der Waals surface area contributed by atoms with E-state index in [2.05, 4.69) is 0 Å². The molecule has 2 amide bonds. The third-order valence-electron chi connectivity index (χ3n) is 8.84. The molecule has 0 aromatic heterocycles. The highest BCUT2D eigenvalue weighted by Gasteiger charge is 2.76. The Morgan fingerprint density at radius 2 is 1.90 bits per heavy atom. The number of allylic oxidation sites excluding steroid dienone is 1. The summed E-state index contributed by atoms with van der Waals surface area (Å²) in [6.45, 7) is 7.73. The number of anilines is 1. The molecule has 210 valence electrons. The first-order valence-corrected chi connectivity index (χ1v) is 14.2. The largest absolute Gasteiger partial charge is 0.465 e. The number of esters is 1. The number of cyclic esters (lactones) is 1. The van der Waals surface area contributed by atoms with Crippen LogP contribution in [0.5, 0.6) is 0 Å². The minimum atomic E-state index is -1.43. The molecule has 4 aliphatic heterocycles. The lowest BCUT2D eigenvalue weighted by Gasteiger charge is -2.42. The third kappa shape index (κ3) is 4.14. The van der Waals surface area contributed by atoms with Crippen molar-refractivity contribution in [2.24, 2.45) is 17.8 Å². The second-order valence-corrected chi connectivity index (χ2v) is 11.7. The van der Waals surface area contributed by atoms with Crippen molar-refractivity contribution in [2.45, 2.75) is 70.2 Å². The lowest BCUT2D eigenvalue weighted by atomic mass is 9.73. The van der Waals surface area contributed by atoms with E-state index in [1.54, 1.807) is 17.0 Å². The van der Waals surface area contributed by atoms with Crippen LogP contribution in [0.25, 0.3) is 0 Å². The summed E-state index contributed by atoms with van der Waals surface area (Å²) in [4.78, 5) is 45.9. The van der Waals surface area contributed by atoms with Gasteiger partial charge in [-0.25, -0.2) is 0 Å². The number of likely N-dealkylation sites (tertiary alicyclic amines) is 1. The maximum absolute atomic E-state index is 14.7. The molecular formula is C30H37ClN2O6. The summed E-state index contributed by atoms with van der Waals surface area (Å²) in [7, 11) is 0. The fourth-order valence-electron chi connectivity index (χ4n) is 6.96.